The number of hydrogen-bond acceptors (Lipinski definition) is 4. The summed E-state index contributed by atoms with van der Waals surface area (Å²) < 4.78 is 19.2. The topological polar surface area (TPSA) is 37.2 Å². The van der Waals surface area contributed by atoms with Crippen LogP contribution in [0.2, 0.25) is 0 Å². The van der Waals surface area contributed by atoms with Crippen molar-refractivity contribution in [2.45, 2.75) is 26.7 Å². The third-order valence-corrected chi connectivity index (χ3v) is 4.12. The van der Waals surface area contributed by atoms with Crippen LogP contribution in [0.25, 0.3) is 0 Å². The summed E-state index contributed by atoms with van der Waals surface area (Å²) in [6.45, 7) is 6.78. The summed E-state index contributed by atoms with van der Waals surface area (Å²) in [7, 11) is 0. The lowest BCUT2D eigenvalue weighted by atomic mass is 10.0. The SMILES string of the molecule is CC1=CCC(C2=CC(C)=C(F)CC=C2)=NC(N2CCOCC2)=N1. The van der Waals surface area contributed by atoms with Crippen molar-refractivity contribution in [1.82, 2.24) is 4.90 Å². The fourth-order valence-corrected chi connectivity index (χ4v) is 2.72. The fraction of sp³-hybridized carbons (Fsp3) is 0.444. The van der Waals surface area contributed by atoms with Crippen LogP contribution >= 0.6 is 0 Å². The molecule has 0 spiro atoms. The number of allylic oxidation sites excluding steroid dienone is 8. The zero-order chi connectivity index (χ0) is 16.2. The van der Waals surface area contributed by atoms with Crippen LogP contribution in [0, 0.1) is 0 Å². The largest absolute Gasteiger partial charge is 0.378 e. The quantitative estimate of drug-likeness (QED) is 0.742. The van der Waals surface area contributed by atoms with E-state index in [0.29, 0.717) is 31.6 Å². The van der Waals surface area contributed by atoms with Gasteiger partial charge in [0.25, 0.3) is 0 Å². The second-order valence-electron chi connectivity index (χ2n) is 5.91. The summed E-state index contributed by atoms with van der Waals surface area (Å²) in [6.07, 6.45) is 8.81. The first kappa shape index (κ1) is 15.9. The monoisotopic (exact) mass is 315 g/mol. The van der Waals surface area contributed by atoms with Crippen molar-refractivity contribution < 1.29 is 9.13 Å². The first-order chi connectivity index (χ1) is 11.1. The van der Waals surface area contributed by atoms with Gasteiger partial charge in [0.2, 0.25) is 5.96 Å². The summed E-state index contributed by atoms with van der Waals surface area (Å²) in [5.41, 5.74) is 3.52. The summed E-state index contributed by atoms with van der Waals surface area (Å²) >= 11 is 0. The van der Waals surface area contributed by atoms with E-state index in [9.17, 15) is 4.39 Å². The molecule has 5 heteroatoms. The number of aliphatic imine (C=N–C) groups is 2. The van der Waals surface area contributed by atoms with Crippen LogP contribution in [0.4, 0.5) is 4.39 Å². The molecule has 4 nitrogen and oxygen atoms in total. The van der Waals surface area contributed by atoms with Crippen molar-refractivity contribution in [2.75, 3.05) is 26.3 Å². The van der Waals surface area contributed by atoms with E-state index in [2.05, 4.69) is 16.0 Å². The van der Waals surface area contributed by atoms with Gasteiger partial charge in [0.05, 0.1) is 18.9 Å². The lowest BCUT2D eigenvalue weighted by Crippen LogP contribution is -2.40. The molecule has 0 amide bonds. The van der Waals surface area contributed by atoms with Gasteiger partial charge in [-0.05, 0) is 31.1 Å². The third kappa shape index (κ3) is 3.85. The van der Waals surface area contributed by atoms with Gasteiger partial charge in [-0.1, -0.05) is 18.2 Å². The van der Waals surface area contributed by atoms with Gasteiger partial charge in [-0.25, -0.2) is 14.4 Å². The highest BCUT2D eigenvalue weighted by Gasteiger charge is 2.18. The highest BCUT2D eigenvalue weighted by molar-refractivity contribution is 6.10. The molecule has 1 fully saturated rings. The molecule has 0 aromatic rings. The first-order valence-corrected chi connectivity index (χ1v) is 8.03. The maximum atomic E-state index is 13.8. The Labute approximate surface area is 136 Å². The van der Waals surface area contributed by atoms with Crippen molar-refractivity contribution in [3.63, 3.8) is 0 Å². The van der Waals surface area contributed by atoms with Crippen LogP contribution in [0.5, 0.6) is 0 Å². The number of ether oxygens (including phenoxy) is 1. The molecule has 23 heavy (non-hydrogen) atoms. The van der Waals surface area contributed by atoms with E-state index in [4.69, 9.17) is 9.73 Å². The van der Waals surface area contributed by atoms with E-state index >= 15 is 0 Å². The van der Waals surface area contributed by atoms with Crippen LogP contribution < -0.4 is 0 Å². The summed E-state index contributed by atoms with van der Waals surface area (Å²) in [5.74, 6) is 0.648. The van der Waals surface area contributed by atoms with Gasteiger partial charge in [-0.15, -0.1) is 0 Å². The smallest absolute Gasteiger partial charge is 0.225 e. The normalized spacial score (nSPS) is 22.8. The number of rotatable bonds is 1. The van der Waals surface area contributed by atoms with Crippen LogP contribution in [0.15, 0.2) is 57.0 Å². The molecule has 0 radical (unpaired) electrons. The van der Waals surface area contributed by atoms with Crippen molar-refractivity contribution in [3.05, 3.63) is 47.0 Å². The second kappa shape index (κ2) is 7.04. The number of guanidine groups is 1. The van der Waals surface area contributed by atoms with Crippen LogP contribution in [0.1, 0.15) is 26.7 Å². The van der Waals surface area contributed by atoms with Gasteiger partial charge in [-0.2, -0.15) is 0 Å². The molecule has 122 valence electrons. The highest BCUT2D eigenvalue weighted by Crippen LogP contribution is 2.22. The van der Waals surface area contributed by atoms with Crippen molar-refractivity contribution in [3.8, 4) is 0 Å². The van der Waals surface area contributed by atoms with E-state index in [1.165, 1.54) is 0 Å². The Morgan fingerprint density at radius 3 is 2.70 bits per heavy atom. The number of morpholine rings is 1. The van der Waals surface area contributed by atoms with Crippen LogP contribution in [-0.4, -0.2) is 42.9 Å². The Kier molecular flexibility index (Phi) is 4.86. The average Bonchev–Trinajstić information content (AvgIpc) is 2.85. The maximum absolute atomic E-state index is 13.8. The van der Waals surface area contributed by atoms with Crippen molar-refractivity contribution >= 4 is 11.7 Å². The van der Waals surface area contributed by atoms with E-state index in [0.717, 1.165) is 36.0 Å². The van der Waals surface area contributed by atoms with E-state index in [1.807, 2.05) is 25.2 Å². The maximum Gasteiger partial charge on any atom is 0.225 e. The standard InChI is InChI=1S/C18H22FN3O/c1-13-12-15(4-3-5-16(13)19)17-7-6-14(2)20-18(21-17)22-8-10-23-11-9-22/h3-4,6,12H,5,7-11H2,1-2H3. The molecule has 0 aromatic carbocycles. The van der Waals surface area contributed by atoms with Crippen LogP contribution in [0.3, 0.4) is 0 Å². The zero-order valence-corrected chi connectivity index (χ0v) is 13.7. The zero-order valence-electron chi connectivity index (χ0n) is 13.7. The molecule has 2 aliphatic heterocycles. The Morgan fingerprint density at radius 2 is 1.91 bits per heavy atom. The Bertz CT molecular complexity index is 662. The van der Waals surface area contributed by atoms with E-state index in [-0.39, 0.29) is 5.83 Å². The Hall–Kier alpha value is -2.01. The Morgan fingerprint density at radius 1 is 1.13 bits per heavy atom. The van der Waals surface area contributed by atoms with Gasteiger partial charge in [0, 0.05) is 31.6 Å². The molecule has 0 bridgehead atoms. The second-order valence-corrected chi connectivity index (χ2v) is 5.91. The predicted molar refractivity (Wildman–Crippen MR) is 91.3 cm³/mol. The molecule has 0 saturated carbocycles. The van der Waals surface area contributed by atoms with Gasteiger partial charge >= 0.3 is 0 Å². The first-order valence-electron chi connectivity index (χ1n) is 8.03. The van der Waals surface area contributed by atoms with Gasteiger partial charge in [-0.3, -0.25) is 0 Å². The molecule has 0 aromatic heterocycles. The predicted octanol–water partition coefficient (Wildman–Crippen LogP) is 3.55. The fourth-order valence-electron chi connectivity index (χ4n) is 2.72. The molecule has 1 saturated heterocycles. The van der Waals surface area contributed by atoms with Gasteiger partial charge in [0.1, 0.15) is 5.83 Å². The van der Waals surface area contributed by atoms with E-state index < -0.39 is 0 Å². The van der Waals surface area contributed by atoms with Gasteiger partial charge in [0.15, 0.2) is 0 Å². The molecule has 0 atom stereocenters. The summed E-state index contributed by atoms with van der Waals surface area (Å²) in [6, 6.07) is 0. The minimum absolute atomic E-state index is 0.0840. The Balaban J connectivity index is 1.94. The van der Waals surface area contributed by atoms with Gasteiger partial charge < -0.3 is 9.64 Å². The lowest BCUT2D eigenvalue weighted by molar-refractivity contribution is 0.0676. The minimum Gasteiger partial charge on any atom is -0.378 e. The molecule has 3 aliphatic rings. The molecule has 0 unspecified atom stereocenters. The molecule has 2 heterocycles. The summed E-state index contributed by atoms with van der Waals surface area (Å²) in [4.78, 5) is 11.6. The molecule has 0 N–H and O–H groups in total. The summed E-state index contributed by atoms with van der Waals surface area (Å²) in [5, 5.41) is 0. The highest BCUT2D eigenvalue weighted by atomic mass is 19.1. The molecule has 3 rings (SSSR count). The number of hydrogen-bond donors (Lipinski definition) is 0. The van der Waals surface area contributed by atoms with Crippen molar-refractivity contribution in [2.24, 2.45) is 9.98 Å². The van der Waals surface area contributed by atoms with Crippen molar-refractivity contribution in [1.29, 1.82) is 0 Å². The minimum atomic E-state index is -0.0840. The van der Waals surface area contributed by atoms with E-state index in [1.54, 1.807) is 6.92 Å². The number of nitrogens with zero attached hydrogens (tertiary/aromatic N) is 3. The average molecular weight is 315 g/mol. The lowest BCUT2D eigenvalue weighted by Gasteiger charge is -2.27. The molecular formula is C18H22FN3O. The van der Waals surface area contributed by atoms with Crippen LogP contribution in [-0.2, 0) is 4.74 Å². The third-order valence-electron chi connectivity index (χ3n) is 4.12. The molecule has 1 aliphatic carbocycles. The number of halogens is 1. The molecular weight excluding hydrogens is 293 g/mol.